The maximum atomic E-state index is 13.9. The van der Waals surface area contributed by atoms with Gasteiger partial charge >= 0.3 is 6.03 Å². The minimum atomic E-state index is -0.815. The predicted molar refractivity (Wildman–Crippen MR) is 214 cm³/mol. The number of hydrogen-bond donors (Lipinski definition) is 5. The van der Waals surface area contributed by atoms with Gasteiger partial charge in [-0.2, -0.15) is 0 Å². The van der Waals surface area contributed by atoms with Gasteiger partial charge in [0.25, 0.3) is 0 Å². The van der Waals surface area contributed by atoms with Crippen molar-refractivity contribution in [2.45, 2.75) is 56.7 Å². The average molecular weight is 764 g/mol. The zero-order chi connectivity index (χ0) is 39.3. The molecular formula is C44H45N9O4. The number of nitrogens with one attached hydrogen (secondary N) is 5. The van der Waals surface area contributed by atoms with E-state index >= 15 is 0 Å². The Labute approximate surface area is 331 Å². The van der Waals surface area contributed by atoms with Crippen molar-refractivity contribution in [1.29, 1.82) is 0 Å². The Morgan fingerprint density at radius 2 is 1.28 bits per heavy atom. The number of imidazole rings is 2. The summed E-state index contributed by atoms with van der Waals surface area (Å²) >= 11 is 0. The largest absolute Gasteiger partial charge is 0.347 e. The summed E-state index contributed by atoms with van der Waals surface area (Å²) in [5.74, 6) is 7.77. The number of aromatic nitrogens is 4. The molecule has 5 N–H and O–H groups in total. The Balaban J connectivity index is 0.883. The number of amides is 5. The summed E-state index contributed by atoms with van der Waals surface area (Å²) in [5, 5.41) is 8.16. The van der Waals surface area contributed by atoms with E-state index in [9.17, 15) is 19.2 Å². The van der Waals surface area contributed by atoms with Crippen LogP contribution in [0, 0.1) is 17.8 Å². The van der Waals surface area contributed by atoms with Crippen LogP contribution in [0.1, 0.15) is 85.0 Å². The van der Waals surface area contributed by atoms with Crippen LogP contribution in [0.3, 0.4) is 0 Å². The van der Waals surface area contributed by atoms with Gasteiger partial charge in [0.1, 0.15) is 17.7 Å². The Kier molecular flexibility index (Phi) is 10.8. The minimum absolute atomic E-state index is 0.0253. The number of benzene rings is 3. The smallest absolute Gasteiger partial charge is 0.315 e. The van der Waals surface area contributed by atoms with Crippen LogP contribution in [0.2, 0.25) is 0 Å². The molecule has 1 aliphatic carbocycles. The molecule has 3 atom stereocenters. The van der Waals surface area contributed by atoms with Gasteiger partial charge in [0.2, 0.25) is 17.7 Å². The van der Waals surface area contributed by atoms with Gasteiger partial charge in [-0.25, -0.2) is 14.8 Å². The lowest BCUT2D eigenvalue weighted by atomic mass is 10.0. The highest BCUT2D eigenvalue weighted by molar-refractivity contribution is 5.89. The van der Waals surface area contributed by atoms with Gasteiger partial charge in [-0.3, -0.25) is 14.4 Å². The number of carbonyl (C=O) groups excluding carboxylic acids is 4. The van der Waals surface area contributed by atoms with Crippen LogP contribution in [0.15, 0.2) is 91.3 Å². The van der Waals surface area contributed by atoms with Crippen LogP contribution in [0.25, 0.3) is 22.5 Å². The van der Waals surface area contributed by atoms with Crippen LogP contribution >= 0.6 is 0 Å². The third-order valence-electron chi connectivity index (χ3n) is 10.9. The SMILES string of the molecule is CNC(=O)N[C@@H](C(=O)N1CCC[C@H]1c1ncc(-c2ccc(C#Cc3ccc(-c4cnc([C@@H]5CCCN5C(=O)CNC(=O)C5CC5)[nH]4)cc3)cc2)[nH]1)c1ccccc1. The topological polar surface area (TPSA) is 168 Å². The molecule has 0 bridgehead atoms. The molecule has 5 aromatic rings. The monoisotopic (exact) mass is 763 g/mol. The molecule has 3 aromatic carbocycles. The molecule has 0 radical (unpaired) electrons. The number of carbonyl (C=O) groups is 4. The normalized spacial score (nSPS) is 18.1. The molecule has 290 valence electrons. The summed E-state index contributed by atoms with van der Waals surface area (Å²) in [6.07, 6.45) is 8.73. The first-order valence-electron chi connectivity index (χ1n) is 19.6. The summed E-state index contributed by atoms with van der Waals surface area (Å²) in [4.78, 5) is 70.9. The van der Waals surface area contributed by atoms with Crippen molar-refractivity contribution in [3.05, 3.63) is 120 Å². The summed E-state index contributed by atoms with van der Waals surface area (Å²) in [6, 6.07) is 23.6. The van der Waals surface area contributed by atoms with Crippen molar-refractivity contribution in [1.82, 2.24) is 45.7 Å². The third-order valence-corrected chi connectivity index (χ3v) is 10.9. The highest BCUT2D eigenvalue weighted by Gasteiger charge is 2.37. The van der Waals surface area contributed by atoms with E-state index in [-0.39, 0.29) is 42.3 Å². The maximum absolute atomic E-state index is 13.9. The second kappa shape index (κ2) is 16.6. The van der Waals surface area contributed by atoms with Crippen LogP contribution in [0.5, 0.6) is 0 Å². The lowest BCUT2D eigenvalue weighted by Crippen LogP contribution is -2.45. The Bertz CT molecular complexity index is 2300. The molecule has 3 fully saturated rings. The minimum Gasteiger partial charge on any atom is -0.347 e. The molecule has 2 aliphatic heterocycles. The lowest BCUT2D eigenvalue weighted by Gasteiger charge is -2.28. The van der Waals surface area contributed by atoms with E-state index in [1.165, 1.54) is 7.05 Å². The molecule has 8 rings (SSSR count). The number of urea groups is 1. The van der Waals surface area contributed by atoms with Crippen LogP contribution in [0.4, 0.5) is 4.79 Å². The van der Waals surface area contributed by atoms with Crippen molar-refractivity contribution in [3.8, 4) is 34.4 Å². The molecule has 2 saturated heterocycles. The van der Waals surface area contributed by atoms with Crippen molar-refractivity contribution in [2.75, 3.05) is 26.7 Å². The van der Waals surface area contributed by atoms with E-state index in [0.717, 1.165) is 83.6 Å². The number of likely N-dealkylation sites (tertiary alicyclic amines) is 2. The van der Waals surface area contributed by atoms with Crippen LogP contribution in [-0.4, -0.2) is 80.2 Å². The summed E-state index contributed by atoms with van der Waals surface area (Å²) in [6.45, 7) is 1.25. The van der Waals surface area contributed by atoms with E-state index in [1.54, 1.807) is 12.4 Å². The Morgan fingerprint density at radius 3 is 1.82 bits per heavy atom. The number of aromatic amines is 2. The molecule has 1 saturated carbocycles. The molecule has 5 amide bonds. The fourth-order valence-electron chi connectivity index (χ4n) is 7.64. The number of nitrogens with zero attached hydrogens (tertiary/aromatic N) is 4. The van der Waals surface area contributed by atoms with Crippen LogP contribution < -0.4 is 16.0 Å². The van der Waals surface area contributed by atoms with Crippen molar-refractivity contribution < 1.29 is 19.2 Å². The quantitative estimate of drug-likeness (QED) is 0.120. The van der Waals surface area contributed by atoms with E-state index in [4.69, 9.17) is 0 Å². The summed E-state index contributed by atoms with van der Waals surface area (Å²) < 4.78 is 0. The summed E-state index contributed by atoms with van der Waals surface area (Å²) in [5.41, 5.74) is 6.09. The number of rotatable bonds is 10. The Morgan fingerprint density at radius 1 is 0.737 bits per heavy atom. The molecule has 13 nitrogen and oxygen atoms in total. The second-order valence-corrected chi connectivity index (χ2v) is 14.8. The third kappa shape index (κ3) is 8.45. The summed E-state index contributed by atoms with van der Waals surface area (Å²) in [7, 11) is 1.53. The number of H-pyrrole nitrogens is 2. The average Bonchev–Trinajstić information content (AvgIpc) is 3.70. The fourth-order valence-corrected chi connectivity index (χ4v) is 7.64. The standard InChI is InChI=1S/C44H45N9O4/c1-45-44(57)51-39(32-7-3-2-4-8-32)43(56)53-24-6-10-37(53)41-47-26-35(50-41)31-19-15-29(16-20-31)12-11-28-13-17-30(18-14-28)34-25-46-40(49-34)36-9-5-23-52(36)38(54)27-48-42(55)33-21-22-33/h2-4,7-8,13-20,25-26,33,36-37,39H,5-6,9-10,21-24,27H2,1H3,(H,46,49)(H,47,50)(H,48,55)(H2,45,51,57)/t36-,37-,39+/m0/s1. The van der Waals surface area contributed by atoms with Gasteiger partial charge in [0.05, 0.1) is 42.4 Å². The van der Waals surface area contributed by atoms with Crippen molar-refractivity contribution in [3.63, 3.8) is 0 Å². The van der Waals surface area contributed by atoms with Crippen molar-refractivity contribution in [2.24, 2.45) is 5.92 Å². The maximum Gasteiger partial charge on any atom is 0.315 e. The molecule has 0 spiro atoms. The fraction of sp³-hybridized carbons (Fsp3) is 0.318. The first-order chi connectivity index (χ1) is 27.8. The van der Waals surface area contributed by atoms with E-state index in [0.29, 0.717) is 18.9 Å². The molecule has 4 heterocycles. The van der Waals surface area contributed by atoms with E-state index < -0.39 is 12.1 Å². The lowest BCUT2D eigenvalue weighted by molar-refractivity contribution is -0.134. The van der Waals surface area contributed by atoms with Gasteiger partial charge in [-0.15, -0.1) is 0 Å². The molecular weight excluding hydrogens is 719 g/mol. The van der Waals surface area contributed by atoms with Gasteiger partial charge in [0.15, 0.2) is 0 Å². The van der Waals surface area contributed by atoms with Gasteiger partial charge in [-0.05, 0) is 79.5 Å². The van der Waals surface area contributed by atoms with Gasteiger partial charge in [0, 0.05) is 37.2 Å². The molecule has 57 heavy (non-hydrogen) atoms. The highest BCUT2D eigenvalue weighted by atomic mass is 16.2. The zero-order valence-corrected chi connectivity index (χ0v) is 31.8. The van der Waals surface area contributed by atoms with Gasteiger partial charge in [-0.1, -0.05) is 66.4 Å². The van der Waals surface area contributed by atoms with E-state index in [1.807, 2.05) is 88.7 Å². The van der Waals surface area contributed by atoms with E-state index in [2.05, 4.69) is 47.7 Å². The van der Waals surface area contributed by atoms with Crippen LogP contribution in [-0.2, 0) is 14.4 Å². The number of hydrogen-bond acceptors (Lipinski definition) is 6. The molecule has 0 unspecified atom stereocenters. The molecule has 13 heteroatoms. The zero-order valence-electron chi connectivity index (χ0n) is 31.8. The first kappa shape index (κ1) is 37.3. The first-order valence-corrected chi connectivity index (χ1v) is 19.6. The van der Waals surface area contributed by atoms with Gasteiger partial charge < -0.3 is 35.7 Å². The highest BCUT2D eigenvalue weighted by Crippen LogP contribution is 2.35. The molecule has 3 aliphatic rings. The molecule has 2 aromatic heterocycles. The second-order valence-electron chi connectivity index (χ2n) is 14.8. The predicted octanol–water partition coefficient (Wildman–Crippen LogP) is 5.39. The van der Waals surface area contributed by atoms with Crippen molar-refractivity contribution >= 4 is 23.8 Å². The Hall–Kier alpha value is -6.68.